The molecule has 1 saturated heterocycles. The summed E-state index contributed by atoms with van der Waals surface area (Å²) in [6, 6.07) is 5.10. The van der Waals surface area contributed by atoms with Gasteiger partial charge in [-0.15, -0.1) is 0 Å². The number of nitrogens with one attached hydrogen (secondary N) is 1. The fourth-order valence-electron chi connectivity index (χ4n) is 4.39. The second kappa shape index (κ2) is 7.84. The number of rotatable bonds is 4. The van der Waals surface area contributed by atoms with E-state index in [0.29, 0.717) is 33.9 Å². The second-order valence-corrected chi connectivity index (χ2v) is 11.3. The molecule has 1 heterocycles. The molecule has 156 valence electrons. The van der Waals surface area contributed by atoms with Gasteiger partial charge < -0.3 is 10.1 Å². The zero-order valence-electron chi connectivity index (χ0n) is 16.9. The number of fused-ring (bicyclic) bond motifs is 1. The predicted molar refractivity (Wildman–Crippen MR) is 109 cm³/mol. The number of ether oxygens (including phenoxy) is 1. The maximum Gasteiger partial charge on any atom is 0.407 e. The molecule has 3 rings (SSSR count). The van der Waals surface area contributed by atoms with Crippen molar-refractivity contribution in [3.63, 3.8) is 0 Å². The molecule has 1 amide bonds. The summed E-state index contributed by atoms with van der Waals surface area (Å²) in [6.07, 6.45) is 2.83. The minimum Gasteiger partial charge on any atom is -0.444 e. The first kappa shape index (κ1) is 21.4. The molecule has 1 N–H and O–H groups in total. The molecule has 1 aromatic rings. The van der Waals surface area contributed by atoms with E-state index in [9.17, 15) is 13.2 Å². The van der Waals surface area contributed by atoms with Crippen molar-refractivity contribution in [2.45, 2.75) is 56.7 Å². The van der Waals surface area contributed by atoms with Crippen LogP contribution in [0.2, 0.25) is 5.02 Å². The van der Waals surface area contributed by atoms with Crippen LogP contribution in [0.25, 0.3) is 0 Å². The fourth-order valence-corrected chi connectivity index (χ4v) is 5.63. The van der Waals surface area contributed by atoms with E-state index in [2.05, 4.69) is 10.2 Å². The number of likely N-dealkylation sites (tertiary alicyclic amines) is 1. The Kier molecular flexibility index (Phi) is 5.99. The Morgan fingerprint density at radius 2 is 2.00 bits per heavy atom. The van der Waals surface area contributed by atoms with Gasteiger partial charge >= 0.3 is 6.09 Å². The Morgan fingerprint density at radius 3 is 2.64 bits per heavy atom. The van der Waals surface area contributed by atoms with Gasteiger partial charge in [0.1, 0.15) is 5.60 Å². The third-order valence-corrected chi connectivity index (χ3v) is 7.03. The van der Waals surface area contributed by atoms with Crippen LogP contribution in [-0.2, 0) is 21.1 Å². The molecule has 2 fully saturated rings. The third-order valence-electron chi connectivity index (χ3n) is 5.49. The number of halogens is 1. The molecule has 0 radical (unpaired) electrons. The van der Waals surface area contributed by atoms with Gasteiger partial charge in [-0.05, 0) is 57.6 Å². The summed E-state index contributed by atoms with van der Waals surface area (Å²) in [6.45, 7) is 7.73. The summed E-state index contributed by atoms with van der Waals surface area (Å²) in [5.74, 6) is 0.834. The maximum absolute atomic E-state index is 12.1. The third kappa shape index (κ3) is 4.99. The Labute approximate surface area is 172 Å². The summed E-state index contributed by atoms with van der Waals surface area (Å²) in [4.78, 5) is 14.7. The standard InChI is InChI=1S/C20H29ClN2O4S/c1-20(2,3)27-19(24)22-17-9-8-13-10-23(11-14(13)17)12-15-16(21)6-5-7-18(15)28(4,25)26/h5-7,13-14,17H,8-12H2,1-4H3,(H,22,24). The van der Waals surface area contributed by atoms with Crippen molar-refractivity contribution >= 4 is 27.5 Å². The van der Waals surface area contributed by atoms with Crippen molar-refractivity contribution in [1.29, 1.82) is 0 Å². The minimum atomic E-state index is -3.34. The smallest absolute Gasteiger partial charge is 0.407 e. The SMILES string of the molecule is CC(C)(C)OC(=O)NC1CCC2CN(Cc3c(Cl)cccc3S(C)(=O)=O)CC21. The number of carbonyl (C=O) groups is 1. The van der Waals surface area contributed by atoms with Gasteiger partial charge in [-0.1, -0.05) is 17.7 Å². The first-order valence-electron chi connectivity index (χ1n) is 9.63. The summed E-state index contributed by atoms with van der Waals surface area (Å²) >= 11 is 6.33. The van der Waals surface area contributed by atoms with Crippen molar-refractivity contribution < 1.29 is 17.9 Å². The van der Waals surface area contributed by atoms with E-state index in [-0.39, 0.29) is 12.1 Å². The van der Waals surface area contributed by atoms with Crippen LogP contribution in [0.1, 0.15) is 39.2 Å². The monoisotopic (exact) mass is 428 g/mol. The molecular formula is C20H29ClN2O4S. The molecule has 1 saturated carbocycles. The number of hydrogen-bond acceptors (Lipinski definition) is 5. The van der Waals surface area contributed by atoms with Crippen molar-refractivity contribution in [2.75, 3.05) is 19.3 Å². The van der Waals surface area contributed by atoms with Crippen LogP contribution in [0, 0.1) is 11.8 Å². The lowest BCUT2D eigenvalue weighted by Gasteiger charge is -2.25. The molecular weight excluding hydrogens is 400 g/mol. The van der Waals surface area contributed by atoms with Crippen LogP contribution in [0.3, 0.4) is 0 Å². The number of nitrogens with zero attached hydrogens (tertiary/aromatic N) is 1. The normalized spacial score (nSPS) is 25.5. The van der Waals surface area contributed by atoms with Gasteiger partial charge in [0.2, 0.25) is 0 Å². The van der Waals surface area contributed by atoms with E-state index in [1.54, 1.807) is 18.2 Å². The first-order valence-corrected chi connectivity index (χ1v) is 11.9. The molecule has 0 bridgehead atoms. The number of alkyl carbamates (subject to hydrolysis) is 1. The lowest BCUT2D eigenvalue weighted by atomic mass is 9.98. The van der Waals surface area contributed by atoms with Crippen molar-refractivity contribution in [1.82, 2.24) is 10.2 Å². The highest BCUT2D eigenvalue weighted by Gasteiger charge is 2.43. The predicted octanol–water partition coefficient (Wildman–Crippen LogP) is 3.48. The zero-order valence-corrected chi connectivity index (χ0v) is 18.4. The van der Waals surface area contributed by atoms with Gasteiger partial charge in [-0.25, -0.2) is 13.2 Å². The lowest BCUT2D eigenvalue weighted by Crippen LogP contribution is -2.42. The fraction of sp³-hybridized carbons (Fsp3) is 0.650. The highest BCUT2D eigenvalue weighted by Crippen LogP contribution is 2.39. The van der Waals surface area contributed by atoms with E-state index in [1.165, 1.54) is 6.26 Å². The van der Waals surface area contributed by atoms with Gasteiger partial charge in [0.25, 0.3) is 0 Å². The number of hydrogen-bond donors (Lipinski definition) is 1. The van der Waals surface area contributed by atoms with Crippen molar-refractivity contribution in [3.05, 3.63) is 28.8 Å². The van der Waals surface area contributed by atoms with Gasteiger partial charge in [0.15, 0.2) is 9.84 Å². The van der Waals surface area contributed by atoms with Crippen LogP contribution in [0.5, 0.6) is 0 Å². The van der Waals surface area contributed by atoms with Crippen molar-refractivity contribution in [2.24, 2.45) is 11.8 Å². The molecule has 2 aliphatic rings. The average Bonchev–Trinajstić information content (AvgIpc) is 3.08. The quantitative estimate of drug-likeness (QED) is 0.794. The highest BCUT2D eigenvalue weighted by molar-refractivity contribution is 7.90. The second-order valence-electron chi connectivity index (χ2n) is 8.94. The number of sulfone groups is 1. The van der Waals surface area contributed by atoms with Gasteiger partial charge in [-0.3, -0.25) is 4.90 Å². The van der Waals surface area contributed by atoms with Crippen LogP contribution >= 0.6 is 11.6 Å². The highest BCUT2D eigenvalue weighted by atomic mass is 35.5. The van der Waals surface area contributed by atoms with Crippen LogP contribution in [-0.4, -0.2) is 50.4 Å². The number of carbonyl (C=O) groups excluding carboxylic acids is 1. The Balaban J connectivity index is 1.67. The Morgan fingerprint density at radius 1 is 1.29 bits per heavy atom. The number of benzene rings is 1. The van der Waals surface area contributed by atoms with Crippen LogP contribution in [0.4, 0.5) is 4.79 Å². The van der Waals surface area contributed by atoms with Gasteiger partial charge in [0, 0.05) is 42.5 Å². The average molecular weight is 429 g/mol. The molecule has 1 aliphatic heterocycles. The summed E-state index contributed by atoms with van der Waals surface area (Å²) in [7, 11) is -3.34. The van der Waals surface area contributed by atoms with Crippen molar-refractivity contribution in [3.8, 4) is 0 Å². The molecule has 1 aliphatic carbocycles. The lowest BCUT2D eigenvalue weighted by molar-refractivity contribution is 0.0491. The van der Waals surface area contributed by atoms with Gasteiger partial charge in [0.05, 0.1) is 4.90 Å². The number of amides is 1. The molecule has 0 aromatic heterocycles. The first-order chi connectivity index (χ1) is 12.9. The molecule has 3 unspecified atom stereocenters. The summed E-state index contributed by atoms with van der Waals surface area (Å²) in [5, 5.41) is 3.50. The van der Waals surface area contributed by atoms with E-state index in [1.807, 2.05) is 20.8 Å². The van der Waals surface area contributed by atoms with E-state index in [4.69, 9.17) is 16.3 Å². The maximum atomic E-state index is 12.1. The Bertz CT molecular complexity index is 850. The summed E-state index contributed by atoms with van der Waals surface area (Å²) < 4.78 is 29.6. The molecule has 1 aromatic carbocycles. The zero-order chi connectivity index (χ0) is 20.7. The Hall–Kier alpha value is -1.31. The van der Waals surface area contributed by atoms with Gasteiger partial charge in [-0.2, -0.15) is 0 Å². The van der Waals surface area contributed by atoms with E-state index in [0.717, 1.165) is 25.9 Å². The van der Waals surface area contributed by atoms with Crippen LogP contribution in [0.15, 0.2) is 23.1 Å². The molecule has 6 nitrogen and oxygen atoms in total. The molecule has 8 heteroatoms. The molecule has 28 heavy (non-hydrogen) atoms. The van der Waals surface area contributed by atoms with E-state index >= 15 is 0 Å². The minimum absolute atomic E-state index is 0.0884. The molecule has 0 spiro atoms. The topological polar surface area (TPSA) is 75.7 Å². The molecule has 3 atom stereocenters. The largest absolute Gasteiger partial charge is 0.444 e. The van der Waals surface area contributed by atoms with E-state index < -0.39 is 15.4 Å². The summed E-state index contributed by atoms with van der Waals surface area (Å²) in [5.41, 5.74) is 0.138. The van der Waals surface area contributed by atoms with Crippen LogP contribution < -0.4 is 5.32 Å².